The van der Waals surface area contributed by atoms with Crippen molar-refractivity contribution in [3.63, 3.8) is 0 Å². The van der Waals surface area contributed by atoms with Crippen LogP contribution in [-0.4, -0.2) is 49.1 Å². The molecule has 2 saturated heterocycles. The molecular formula is C10H18N2O3. The molecule has 2 heterocycles. The van der Waals surface area contributed by atoms with Gasteiger partial charge in [0.15, 0.2) is 5.79 Å². The van der Waals surface area contributed by atoms with E-state index in [1.54, 1.807) is 4.90 Å². The number of amides is 2. The van der Waals surface area contributed by atoms with Gasteiger partial charge in [-0.25, -0.2) is 4.79 Å². The molecule has 2 rings (SSSR count). The quantitative estimate of drug-likeness (QED) is 0.693. The average molecular weight is 214 g/mol. The molecule has 2 amide bonds. The number of hydrogen-bond donors (Lipinski definition) is 1. The zero-order valence-electron chi connectivity index (χ0n) is 9.28. The molecule has 5 nitrogen and oxygen atoms in total. The highest BCUT2D eigenvalue weighted by molar-refractivity contribution is 5.74. The number of ether oxygens (including phenoxy) is 2. The van der Waals surface area contributed by atoms with Crippen LogP contribution in [0.1, 0.15) is 20.3 Å². The lowest BCUT2D eigenvalue weighted by Crippen LogP contribution is -2.44. The van der Waals surface area contributed by atoms with Crippen LogP contribution < -0.4 is 5.32 Å². The van der Waals surface area contributed by atoms with Gasteiger partial charge >= 0.3 is 6.03 Å². The molecule has 0 unspecified atom stereocenters. The van der Waals surface area contributed by atoms with E-state index in [-0.39, 0.29) is 12.1 Å². The van der Waals surface area contributed by atoms with Crippen molar-refractivity contribution >= 4 is 6.03 Å². The first-order valence-electron chi connectivity index (χ1n) is 5.45. The van der Waals surface area contributed by atoms with Gasteiger partial charge in [-0.1, -0.05) is 0 Å². The zero-order chi connectivity index (χ0) is 10.9. The normalized spacial score (nSPS) is 24.1. The van der Waals surface area contributed by atoms with Crippen LogP contribution in [0.4, 0.5) is 4.79 Å². The van der Waals surface area contributed by atoms with E-state index in [1.165, 1.54) is 0 Å². The Bertz CT molecular complexity index is 249. The maximum absolute atomic E-state index is 11.7. The molecule has 2 aliphatic heterocycles. The van der Waals surface area contributed by atoms with Crippen molar-refractivity contribution in [3.05, 3.63) is 0 Å². The summed E-state index contributed by atoms with van der Waals surface area (Å²) in [6, 6.07) is 0.139. The third-order valence-electron chi connectivity index (χ3n) is 2.71. The third-order valence-corrected chi connectivity index (χ3v) is 2.71. The maximum Gasteiger partial charge on any atom is 0.317 e. The van der Waals surface area contributed by atoms with Crippen molar-refractivity contribution in [2.24, 2.45) is 0 Å². The lowest BCUT2D eigenvalue weighted by molar-refractivity contribution is -0.143. The van der Waals surface area contributed by atoms with Gasteiger partial charge in [0.2, 0.25) is 0 Å². The minimum Gasteiger partial charge on any atom is -0.346 e. The molecule has 1 spiro atoms. The van der Waals surface area contributed by atoms with E-state index in [9.17, 15) is 4.79 Å². The molecule has 5 heteroatoms. The lowest BCUT2D eigenvalue weighted by Gasteiger charge is -2.23. The number of rotatable bonds is 1. The monoisotopic (exact) mass is 214 g/mol. The standard InChI is InChI=1S/C10H18N2O3/c1-8(2)11-9(13)12-4-3-10(7-12)14-5-6-15-10/h8H,3-7H2,1-2H3,(H,11,13). The van der Waals surface area contributed by atoms with Gasteiger partial charge in [-0.15, -0.1) is 0 Å². The molecule has 2 aliphatic rings. The largest absolute Gasteiger partial charge is 0.346 e. The number of nitrogens with one attached hydrogen (secondary N) is 1. The highest BCUT2D eigenvalue weighted by Gasteiger charge is 2.44. The maximum atomic E-state index is 11.7. The Hall–Kier alpha value is -0.810. The van der Waals surface area contributed by atoms with Gasteiger partial charge in [0.25, 0.3) is 0 Å². The first-order valence-corrected chi connectivity index (χ1v) is 5.45. The first-order chi connectivity index (χ1) is 7.11. The van der Waals surface area contributed by atoms with Gasteiger partial charge in [-0.2, -0.15) is 0 Å². The SMILES string of the molecule is CC(C)NC(=O)N1CCC2(C1)OCCO2. The number of nitrogens with zero attached hydrogens (tertiary/aromatic N) is 1. The Labute approximate surface area is 89.7 Å². The fourth-order valence-corrected chi connectivity index (χ4v) is 2.00. The summed E-state index contributed by atoms with van der Waals surface area (Å²) >= 11 is 0. The fraction of sp³-hybridized carbons (Fsp3) is 0.900. The van der Waals surface area contributed by atoms with Gasteiger partial charge < -0.3 is 19.7 Å². The van der Waals surface area contributed by atoms with Crippen LogP contribution in [0.5, 0.6) is 0 Å². The minimum atomic E-state index is -0.506. The average Bonchev–Trinajstić information content (AvgIpc) is 2.76. The molecule has 1 N–H and O–H groups in total. The van der Waals surface area contributed by atoms with Gasteiger partial charge in [-0.3, -0.25) is 0 Å². The number of carbonyl (C=O) groups excluding carboxylic acids is 1. The Balaban J connectivity index is 1.89. The van der Waals surface area contributed by atoms with Crippen molar-refractivity contribution in [1.29, 1.82) is 0 Å². The van der Waals surface area contributed by atoms with Gasteiger partial charge in [0, 0.05) is 19.0 Å². The second kappa shape index (κ2) is 3.98. The second-order valence-corrected chi connectivity index (χ2v) is 4.38. The fourth-order valence-electron chi connectivity index (χ4n) is 2.00. The first kappa shape index (κ1) is 10.7. The predicted molar refractivity (Wildman–Crippen MR) is 54.5 cm³/mol. The van der Waals surface area contributed by atoms with Crippen LogP contribution in [0.25, 0.3) is 0 Å². The minimum absolute atomic E-state index is 0.0269. The molecule has 0 aromatic heterocycles. The van der Waals surface area contributed by atoms with E-state index < -0.39 is 5.79 Å². The Kier molecular flexibility index (Phi) is 2.84. The van der Waals surface area contributed by atoms with Crippen LogP contribution >= 0.6 is 0 Å². The van der Waals surface area contributed by atoms with Crippen LogP contribution in [-0.2, 0) is 9.47 Å². The molecule has 2 fully saturated rings. The Morgan fingerprint density at radius 3 is 2.67 bits per heavy atom. The molecular weight excluding hydrogens is 196 g/mol. The molecule has 0 saturated carbocycles. The summed E-state index contributed by atoms with van der Waals surface area (Å²) in [4.78, 5) is 13.5. The molecule has 0 atom stereocenters. The number of carbonyl (C=O) groups is 1. The van der Waals surface area contributed by atoms with Crippen LogP contribution in [0.3, 0.4) is 0 Å². The summed E-state index contributed by atoms with van der Waals surface area (Å²) < 4.78 is 11.1. The Morgan fingerprint density at radius 1 is 1.40 bits per heavy atom. The third kappa shape index (κ3) is 2.23. The van der Waals surface area contributed by atoms with Crippen molar-refractivity contribution in [2.45, 2.75) is 32.1 Å². The van der Waals surface area contributed by atoms with Crippen LogP contribution in [0.15, 0.2) is 0 Å². The highest BCUT2D eigenvalue weighted by Crippen LogP contribution is 2.30. The van der Waals surface area contributed by atoms with Gasteiger partial charge in [0.05, 0.1) is 19.8 Å². The van der Waals surface area contributed by atoms with E-state index in [4.69, 9.17) is 9.47 Å². The van der Waals surface area contributed by atoms with E-state index in [0.29, 0.717) is 26.3 Å². The summed E-state index contributed by atoms with van der Waals surface area (Å²) in [5, 5.41) is 2.87. The van der Waals surface area contributed by atoms with Crippen LogP contribution in [0.2, 0.25) is 0 Å². The van der Waals surface area contributed by atoms with Crippen molar-refractivity contribution in [3.8, 4) is 0 Å². The topological polar surface area (TPSA) is 50.8 Å². The predicted octanol–water partition coefficient (Wildman–Crippen LogP) is 0.553. The van der Waals surface area contributed by atoms with Crippen molar-refractivity contribution in [2.75, 3.05) is 26.3 Å². The van der Waals surface area contributed by atoms with E-state index in [0.717, 1.165) is 6.42 Å². The molecule has 86 valence electrons. The number of hydrogen-bond acceptors (Lipinski definition) is 3. The van der Waals surface area contributed by atoms with E-state index >= 15 is 0 Å². The molecule has 0 aromatic carbocycles. The highest BCUT2D eigenvalue weighted by atomic mass is 16.7. The summed E-state index contributed by atoms with van der Waals surface area (Å²) in [6.07, 6.45) is 0.776. The summed E-state index contributed by atoms with van der Waals surface area (Å²) in [6.45, 7) is 6.43. The summed E-state index contributed by atoms with van der Waals surface area (Å²) in [7, 11) is 0. The molecule has 0 bridgehead atoms. The van der Waals surface area contributed by atoms with Crippen LogP contribution in [0, 0.1) is 0 Å². The second-order valence-electron chi connectivity index (χ2n) is 4.38. The van der Waals surface area contributed by atoms with Crippen molar-refractivity contribution < 1.29 is 14.3 Å². The zero-order valence-corrected chi connectivity index (χ0v) is 9.28. The van der Waals surface area contributed by atoms with E-state index in [2.05, 4.69) is 5.32 Å². The Morgan fingerprint density at radius 2 is 2.07 bits per heavy atom. The number of urea groups is 1. The molecule has 0 aliphatic carbocycles. The lowest BCUT2D eigenvalue weighted by atomic mass is 10.2. The van der Waals surface area contributed by atoms with Gasteiger partial charge in [-0.05, 0) is 13.8 Å². The molecule has 0 aromatic rings. The molecule has 0 radical (unpaired) electrons. The van der Waals surface area contributed by atoms with E-state index in [1.807, 2.05) is 13.8 Å². The summed E-state index contributed by atoms with van der Waals surface area (Å²) in [5.41, 5.74) is 0. The smallest absolute Gasteiger partial charge is 0.317 e. The van der Waals surface area contributed by atoms with Crippen molar-refractivity contribution in [1.82, 2.24) is 10.2 Å². The van der Waals surface area contributed by atoms with Gasteiger partial charge in [0.1, 0.15) is 0 Å². The number of likely N-dealkylation sites (tertiary alicyclic amines) is 1. The summed E-state index contributed by atoms with van der Waals surface area (Å²) in [5.74, 6) is -0.506. The molecule has 15 heavy (non-hydrogen) atoms.